The van der Waals surface area contributed by atoms with Crippen molar-refractivity contribution in [2.24, 2.45) is 5.84 Å². The zero-order valence-electron chi connectivity index (χ0n) is 12.4. The third-order valence-corrected chi connectivity index (χ3v) is 3.78. The molecule has 0 aliphatic heterocycles. The first-order chi connectivity index (χ1) is 11.5. The highest BCUT2D eigenvalue weighted by atomic mass is 35.5. The summed E-state index contributed by atoms with van der Waals surface area (Å²) in [6.07, 6.45) is 9.90. The number of nitrogens with one attached hydrogen (secondary N) is 2. The monoisotopic (exact) mass is 361 g/mol. The number of fused-ring (bicyclic) bond motifs is 2. The third kappa shape index (κ3) is 3.91. The highest BCUT2D eigenvalue weighted by molar-refractivity contribution is 6.35. The summed E-state index contributed by atoms with van der Waals surface area (Å²) in [4.78, 5) is 21.2. The summed E-state index contributed by atoms with van der Waals surface area (Å²) in [5.74, 6) is 5.44. The first kappa shape index (κ1) is 16.4. The van der Waals surface area contributed by atoms with Crippen LogP contribution in [-0.4, -0.2) is 15.0 Å². The van der Waals surface area contributed by atoms with Crippen LogP contribution in [0.25, 0.3) is 11.4 Å². The molecule has 0 amide bonds. The molecular weight excluding hydrogens is 349 g/mol. The summed E-state index contributed by atoms with van der Waals surface area (Å²) in [5, 5.41) is 0.878. The van der Waals surface area contributed by atoms with Crippen LogP contribution < -0.4 is 17.0 Å². The lowest BCUT2D eigenvalue weighted by atomic mass is 10.2. The van der Waals surface area contributed by atoms with Gasteiger partial charge in [-0.3, -0.25) is 10.4 Å². The molecule has 0 saturated heterocycles. The Bertz CT molecular complexity index is 890. The lowest BCUT2D eigenvalue weighted by molar-refractivity contribution is 0.985. The summed E-state index contributed by atoms with van der Waals surface area (Å²) in [6, 6.07) is 4.81. The fourth-order valence-electron chi connectivity index (χ4n) is 2.29. The van der Waals surface area contributed by atoms with E-state index in [2.05, 4.69) is 44.7 Å². The van der Waals surface area contributed by atoms with Crippen LogP contribution in [0.5, 0.6) is 0 Å². The number of nitrogens with two attached hydrogens (primary N) is 1. The van der Waals surface area contributed by atoms with Crippen molar-refractivity contribution in [1.82, 2.24) is 15.0 Å². The second kappa shape index (κ2) is 7.00. The van der Waals surface area contributed by atoms with E-state index in [-0.39, 0.29) is 11.8 Å². The van der Waals surface area contributed by atoms with Crippen LogP contribution in [0.3, 0.4) is 0 Å². The molecule has 4 N–H and O–H groups in total. The molecule has 0 atom stereocenters. The molecule has 1 heterocycles. The summed E-state index contributed by atoms with van der Waals surface area (Å²) in [6.45, 7) is 0. The standard InChI is InChI=1S/C9H7Cl2N5O.C7H6/c10-5-1-4(2-6(11)3-5)7-13-8(16-12)15-9(17)14-7;1-2-7-4-3-6(1)5-7/h1-3H,12H2,(H2,13,14,15,16,17);1-4H,5H2. The molecule has 6 nitrogen and oxygen atoms in total. The van der Waals surface area contributed by atoms with Crippen molar-refractivity contribution >= 4 is 29.2 Å². The molecule has 2 aliphatic rings. The number of anilines is 1. The minimum Gasteiger partial charge on any atom is -0.292 e. The maximum atomic E-state index is 11.2. The van der Waals surface area contributed by atoms with Crippen molar-refractivity contribution in [3.63, 3.8) is 0 Å². The molecule has 8 heteroatoms. The smallest absolute Gasteiger partial charge is 0.292 e. The average molecular weight is 362 g/mol. The largest absolute Gasteiger partial charge is 0.349 e. The molecule has 1 aromatic heterocycles. The van der Waals surface area contributed by atoms with E-state index in [9.17, 15) is 4.79 Å². The topological polar surface area (TPSA) is 96.7 Å². The number of halogens is 2. The third-order valence-electron chi connectivity index (χ3n) is 3.35. The van der Waals surface area contributed by atoms with Gasteiger partial charge < -0.3 is 0 Å². The lowest BCUT2D eigenvalue weighted by Crippen LogP contribution is -2.19. The van der Waals surface area contributed by atoms with Gasteiger partial charge in [-0.1, -0.05) is 47.5 Å². The Morgan fingerprint density at radius 2 is 1.67 bits per heavy atom. The fraction of sp³-hybridized carbons (Fsp3) is 0.0625. The van der Waals surface area contributed by atoms with E-state index in [1.54, 1.807) is 18.2 Å². The molecule has 2 bridgehead atoms. The molecule has 2 aromatic rings. The summed E-state index contributed by atoms with van der Waals surface area (Å²) in [7, 11) is 0. The van der Waals surface area contributed by atoms with E-state index in [0.29, 0.717) is 15.6 Å². The van der Waals surface area contributed by atoms with Gasteiger partial charge in [0, 0.05) is 15.6 Å². The van der Waals surface area contributed by atoms with E-state index < -0.39 is 5.69 Å². The van der Waals surface area contributed by atoms with Crippen molar-refractivity contribution in [1.29, 1.82) is 0 Å². The average Bonchev–Trinajstić information content (AvgIpc) is 3.19. The Balaban J connectivity index is 0.000000198. The number of hydrogen-bond acceptors (Lipinski definition) is 5. The first-order valence-corrected chi connectivity index (χ1v) is 7.78. The molecule has 4 rings (SSSR count). The number of nitrogens with zero attached hydrogens (tertiary/aromatic N) is 2. The Morgan fingerprint density at radius 3 is 2.12 bits per heavy atom. The van der Waals surface area contributed by atoms with E-state index in [0.717, 1.165) is 0 Å². The van der Waals surface area contributed by atoms with Gasteiger partial charge in [0.25, 0.3) is 0 Å². The lowest BCUT2D eigenvalue weighted by Gasteiger charge is -2.04. The summed E-state index contributed by atoms with van der Waals surface area (Å²) >= 11 is 11.7. The Labute approximate surface area is 147 Å². The second-order valence-electron chi connectivity index (χ2n) is 5.12. The summed E-state index contributed by atoms with van der Waals surface area (Å²) in [5.41, 5.74) is 5.13. The van der Waals surface area contributed by atoms with Gasteiger partial charge in [-0.2, -0.15) is 9.97 Å². The Kier molecular flexibility index (Phi) is 4.80. The SMILES string of the molecule is C1=CC2=CC=C1C2.NNc1nc(-c2cc(Cl)cc(Cl)c2)[nH]c(=O)n1. The van der Waals surface area contributed by atoms with Crippen molar-refractivity contribution in [3.05, 3.63) is 74.2 Å². The van der Waals surface area contributed by atoms with Crippen LogP contribution in [0.1, 0.15) is 6.42 Å². The maximum Gasteiger partial charge on any atom is 0.349 e. The predicted octanol–water partition coefficient (Wildman–Crippen LogP) is 3.24. The van der Waals surface area contributed by atoms with Crippen LogP contribution in [0.15, 0.2) is 58.4 Å². The number of hydrazine groups is 1. The summed E-state index contributed by atoms with van der Waals surface area (Å²) < 4.78 is 0. The van der Waals surface area contributed by atoms with Crippen LogP contribution in [0.2, 0.25) is 10.0 Å². The molecule has 0 unspecified atom stereocenters. The van der Waals surface area contributed by atoms with Gasteiger partial charge in [0.1, 0.15) is 5.82 Å². The Morgan fingerprint density at radius 1 is 1.04 bits per heavy atom. The number of hydrogen-bond donors (Lipinski definition) is 3. The number of aromatic nitrogens is 3. The normalized spacial score (nSPS) is 14.0. The number of benzene rings is 1. The van der Waals surface area contributed by atoms with Crippen molar-refractivity contribution in [2.45, 2.75) is 6.42 Å². The van der Waals surface area contributed by atoms with Crippen LogP contribution >= 0.6 is 23.2 Å². The number of aromatic amines is 1. The van der Waals surface area contributed by atoms with Gasteiger partial charge in [0.05, 0.1) is 0 Å². The van der Waals surface area contributed by atoms with Gasteiger partial charge in [0.15, 0.2) is 0 Å². The van der Waals surface area contributed by atoms with E-state index in [1.807, 2.05) is 0 Å². The molecule has 1 aromatic carbocycles. The van der Waals surface area contributed by atoms with Crippen LogP contribution in [0.4, 0.5) is 5.95 Å². The van der Waals surface area contributed by atoms with Gasteiger partial charge in [0.2, 0.25) is 5.95 Å². The fourth-order valence-corrected chi connectivity index (χ4v) is 2.81. The van der Waals surface area contributed by atoms with Gasteiger partial charge in [-0.15, -0.1) is 0 Å². The zero-order chi connectivity index (χ0) is 17.1. The zero-order valence-corrected chi connectivity index (χ0v) is 13.9. The van der Waals surface area contributed by atoms with Gasteiger partial charge >= 0.3 is 5.69 Å². The number of allylic oxidation sites excluding steroid dienone is 6. The predicted molar refractivity (Wildman–Crippen MR) is 95.8 cm³/mol. The Hall–Kier alpha value is -2.41. The number of nitrogen functional groups attached to an aromatic ring is 1. The van der Waals surface area contributed by atoms with Crippen molar-refractivity contribution < 1.29 is 0 Å². The number of H-pyrrole nitrogens is 1. The molecule has 0 radical (unpaired) electrons. The maximum absolute atomic E-state index is 11.2. The highest BCUT2D eigenvalue weighted by Gasteiger charge is 2.08. The molecule has 24 heavy (non-hydrogen) atoms. The van der Waals surface area contributed by atoms with E-state index in [1.165, 1.54) is 17.6 Å². The first-order valence-electron chi connectivity index (χ1n) is 7.03. The van der Waals surface area contributed by atoms with E-state index >= 15 is 0 Å². The van der Waals surface area contributed by atoms with Crippen LogP contribution in [-0.2, 0) is 0 Å². The van der Waals surface area contributed by atoms with E-state index in [4.69, 9.17) is 29.0 Å². The molecular formula is C16H13Cl2N5O. The van der Waals surface area contributed by atoms with Crippen molar-refractivity contribution in [2.75, 3.05) is 5.43 Å². The van der Waals surface area contributed by atoms with Crippen molar-refractivity contribution in [3.8, 4) is 11.4 Å². The molecule has 0 saturated carbocycles. The number of rotatable bonds is 2. The van der Waals surface area contributed by atoms with Crippen LogP contribution in [0, 0.1) is 0 Å². The molecule has 122 valence electrons. The van der Waals surface area contributed by atoms with Gasteiger partial charge in [-0.05, 0) is 35.8 Å². The molecule has 2 aliphatic carbocycles. The minimum atomic E-state index is -0.570. The van der Waals surface area contributed by atoms with Gasteiger partial charge in [-0.25, -0.2) is 10.6 Å². The quantitative estimate of drug-likeness (QED) is 0.563. The molecule has 0 spiro atoms. The highest BCUT2D eigenvalue weighted by Crippen LogP contribution is 2.27. The molecule has 0 fully saturated rings. The second-order valence-corrected chi connectivity index (χ2v) is 5.99. The minimum absolute atomic E-state index is 0.0137.